The number of hydrogen-bond donors (Lipinski definition) is 8. The number of nitrogens with one attached hydrogen (secondary N) is 1. The quantitative estimate of drug-likeness (QED) is 0.124. The lowest BCUT2D eigenvalue weighted by Crippen LogP contribution is -2.33. The van der Waals surface area contributed by atoms with E-state index in [1.807, 2.05) is 0 Å². The minimum Gasteiger partial charge on any atom is -0.387 e. The zero-order valence-corrected chi connectivity index (χ0v) is 24.0. The van der Waals surface area contributed by atoms with Crippen molar-refractivity contribution in [2.24, 2.45) is 0 Å². The molecule has 2 aromatic heterocycles. The Morgan fingerprint density at radius 3 is 2.41 bits per heavy atom. The Balaban J connectivity index is 1.78. The van der Waals surface area contributed by atoms with Crippen LogP contribution in [0.15, 0.2) is 6.33 Å². The van der Waals surface area contributed by atoms with Gasteiger partial charge in [0.2, 0.25) is 11.9 Å². The number of halogens is 2. The first-order valence-corrected chi connectivity index (χ1v) is 15.8. The Morgan fingerprint density at radius 1 is 1.22 bits per heavy atom. The number of imidazole rings is 1. The van der Waals surface area contributed by atoms with E-state index in [9.17, 15) is 48.3 Å². The molecule has 0 bridgehead atoms. The summed E-state index contributed by atoms with van der Waals surface area (Å²) in [5, 5.41) is 23.2. The second kappa shape index (κ2) is 10.6. The molecule has 37 heavy (non-hydrogen) atoms. The van der Waals surface area contributed by atoms with Gasteiger partial charge in [-0.1, -0.05) is 0 Å². The number of phosphoric acid groups is 1. The summed E-state index contributed by atoms with van der Waals surface area (Å²) in [4.78, 5) is 61.3. The number of hydrogen-bond acceptors (Lipinski definition) is 13. The van der Waals surface area contributed by atoms with Gasteiger partial charge in [0.1, 0.15) is 23.8 Å². The Hall–Kier alpha value is -0.890. The minimum absolute atomic E-state index is 0.0186. The largest absolute Gasteiger partial charge is 0.479 e. The van der Waals surface area contributed by atoms with Crippen LogP contribution in [0.4, 0.5) is 11.8 Å². The average molecular weight is 720 g/mol. The highest BCUT2D eigenvalue weighted by Crippen LogP contribution is 2.81. The van der Waals surface area contributed by atoms with E-state index >= 15 is 0 Å². The molecule has 1 aliphatic heterocycles. The topological polar surface area (TPSA) is 299 Å². The summed E-state index contributed by atoms with van der Waals surface area (Å²) in [6, 6.07) is 0. The molecule has 3 heterocycles. The lowest BCUT2D eigenvalue weighted by atomic mass is 10.1. The maximum absolute atomic E-state index is 12.2. The van der Waals surface area contributed by atoms with E-state index in [2.05, 4.69) is 61.0 Å². The fourth-order valence-corrected chi connectivity index (χ4v) is 7.83. The number of rotatable bonds is 9. The van der Waals surface area contributed by atoms with Crippen LogP contribution in [0, 0.1) is 0 Å². The standard InChI is InChI=1S/C13H19Br2N6O13P3/c1-4(22)18-12-19-9(16)6-10(20-12)21(3-17-6)11-8(24)7(23)5(33-11)2-32-37(30,31)34-36(28,29)13(14,15)35(25,26)27/h3,5,7-8,11,23-24H,2H2,1H3,(H,28,29)(H,30,31)(H2,25,26,27)(H3,16,18,19,20,22)/t5-,7-,8-,11-/m1/s1. The highest BCUT2D eigenvalue weighted by atomic mass is 79.9. The number of aromatic nitrogens is 4. The molecular formula is C13H19Br2N6O13P3. The monoisotopic (exact) mass is 718 g/mol. The fourth-order valence-electron chi connectivity index (χ4n) is 2.98. The number of fused-ring (bicyclic) bond motifs is 1. The van der Waals surface area contributed by atoms with Gasteiger partial charge in [-0.15, -0.1) is 0 Å². The predicted molar refractivity (Wildman–Crippen MR) is 129 cm³/mol. The summed E-state index contributed by atoms with van der Waals surface area (Å²) < 4.78 is 48.0. The van der Waals surface area contributed by atoms with Crippen molar-refractivity contribution in [3.8, 4) is 0 Å². The summed E-state index contributed by atoms with van der Waals surface area (Å²) in [5.74, 6) is -0.823. The van der Waals surface area contributed by atoms with Crippen molar-refractivity contribution in [1.29, 1.82) is 0 Å². The van der Waals surface area contributed by atoms with Gasteiger partial charge >= 0.3 is 23.0 Å². The molecule has 0 aliphatic carbocycles. The molecule has 19 nitrogen and oxygen atoms in total. The second-order valence-corrected chi connectivity index (χ2v) is 19.0. The van der Waals surface area contributed by atoms with E-state index in [-0.39, 0.29) is 22.9 Å². The first kappa shape index (κ1) is 30.6. The molecule has 2 aromatic rings. The molecule has 24 heteroatoms. The van der Waals surface area contributed by atoms with Crippen molar-refractivity contribution in [1.82, 2.24) is 19.5 Å². The van der Waals surface area contributed by atoms with Gasteiger partial charge in [0.15, 0.2) is 17.7 Å². The van der Waals surface area contributed by atoms with Crippen LogP contribution < -0.4 is 11.1 Å². The van der Waals surface area contributed by atoms with Crippen LogP contribution in [0.5, 0.6) is 0 Å². The molecule has 1 fully saturated rings. The molecule has 3 rings (SSSR count). The van der Waals surface area contributed by atoms with E-state index in [0.717, 1.165) is 10.9 Å². The second-order valence-electron chi connectivity index (χ2n) is 7.40. The smallest absolute Gasteiger partial charge is 0.387 e. The van der Waals surface area contributed by atoms with Crippen LogP contribution in [-0.4, -0.2) is 82.8 Å². The third kappa shape index (κ3) is 6.31. The molecule has 2 unspecified atom stereocenters. The molecule has 1 aliphatic rings. The van der Waals surface area contributed by atoms with E-state index in [1.54, 1.807) is 0 Å². The highest BCUT2D eigenvalue weighted by Gasteiger charge is 2.61. The molecule has 9 N–H and O–H groups in total. The van der Waals surface area contributed by atoms with Gasteiger partial charge in [-0.2, -0.15) is 9.97 Å². The number of anilines is 2. The zero-order chi connectivity index (χ0) is 28.1. The molecular weight excluding hydrogens is 701 g/mol. The number of carbonyl (C=O) groups excluding carboxylic acids is 1. The summed E-state index contributed by atoms with van der Waals surface area (Å²) in [5.41, 5.74) is 5.86. The third-order valence-electron chi connectivity index (χ3n) is 4.65. The number of carbonyl (C=O) groups is 1. The van der Waals surface area contributed by atoms with Crippen LogP contribution >= 0.6 is 54.9 Å². The van der Waals surface area contributed by atoms with E-state index < -0.39 is 62.8 Å². The van der Waals surface area contributed by atoms with Crippen LogP contribution in [-0.2, 0) is 32.1 Å². The van der Waals surface area contributed by atoms with E-state index in [1.165, 1.54) is 6.92 Å². The Labute approximate surface area is 222 Å². The van der Waals surface area contributed by atoms with Crippen LogP contribution in [0.1, 0.15) is 13.2 Å². The van der Waals surface area contributed by atoms with Crippen molar-refractivity contribution in [3.63, 3.8) is 0 Å². The molecule has 0 spiro atoms. The number of nitrogens with two attached hydrogens (primary N) is 1. The number of ether oxygens (including phenoxy) is 1. The third-order valence-corrected chi connectivity index (χ3v) is 15.2. The molecule has 0 saturated carbocycles. The molecule has 208 valence electrons. The first-order valence-electron chi connectivity index (χ1n) is 9.51. The van der Waals surface area contributed by atoms with Gasteiger partial charge in [-0.25, -0.2) is 13.9 Å². The minimum atomic E-state index is -5.61. The number of aliphatic hydroxyl groups is 2. The summed E-state index contributed by atoms with van der Waals surface area (Å²) in [7, 11) is -16.6. The highest BCUT2D eigenvalue weighted by molar-refractivity contribution is 9.29. The average Bonchev–Trinajstić information content (AvgIpc) is 3.26. The van der Waals surface area contributed by atoms with Crippen molar-refractivity contribution >= 4 is 83.7 Å². The number of amides is 1. The zero-order valence-electron chi connectivity index (χ0n) is 18.1. The summed E-state index contributed by atoms with van der Waals surface area (Å²) in [6.07, 6.45) is -5.26. The van der Waals surface area contributed by atoms with Gasteiger partial charge in [0.05, 0.1) is 12.9 Å². The van der Waals surface area contributed by atoms with Gasteiger partial charge in [-0.05, 0) is 31.9 Å². The number of nitrogens with zero attached hydrogens (tertiary/aromatic N) is 4. The Morgan fingerprint density at radius 2 is 1.84 bits per heavy atom. The van der Waals surface area contributed by atoms with Gasteiger partial charge in [0, 0.05) is 6.92 Å². The van der Waals surface area contributed by atoms with Crippen LogP contribution in [0.2, 0.25) is 0 Å². The van der Waals surface area contributed by atoms with Crippen LogP contribution in [0.25, 0.3) is 11.2 Å². The van der Waals surface area contributed by atoms with Crippen molar-refractivity contribution in [2.75, 3.05) is 17.7 Å². The molecule has 0 radical (unpaired) electrons. The number of phosphoric ester groups is 1. The van der Waals surface area contributed by atoms with Crippen LogP contribution in [0.3, 0.4) is 0 Å². The molecule has 6 atom stereocenters. The van der Waals surface area contributed by atoms with E-state index in [0.29, 0.717) is 0 Å². The molecule has 1 saturated heterocycles. The maximum atomic E-state index is 12.2. The lowest BCUT2D eigenvalue weighted by Gasteiger charge is -2.27. The van der Waals surface area contributed by atoms with Gasteiger partial charge < -0.3 is 40.3 Å². The summed E-state index contributed by atoms with van der Waals surface area (Å²) in [6.45, 7) is 0.198. The fraction of sp³-hybridized carbons (Fsp3) is 0.538. The SMILES string of the molecule is CC(=O)Nc1nc(N)c2ncn([C@@H]3O[C@H](COP(=O)(O)OP(=O)(O)C(Br)(Br)P(=O)(O)O)[C@@H](O)[C@H]3O)c2n1. The lowest BCUT2D eigenvalue weighted by molar-refractivity contribution is -0.114. The van der Waals surface area contributed by atoms with Crippen molar-refractivity contribution in [3.05, 3.63) is 6.33 Å². The number of aliphatic hydroxyl groups excluding tert-OH is 2. The van der Waals surface area contributed by atoms with Gasteiger partial charge in [0.25, 0.3) is 2.72 Å². The first-order chi connectivity index (χ1) is 16.8. The number of alkyl halides is 2. The van der Waals surface area contributed by atoms with E-state index in [4.69, 9.17) is 10.5 Å². The Bertz CT molecular complexity index is 1350. The van der Waals surface area contributed by atoms with Crippen molar-refractivity contribution < 1.29 is 61.8 Å². The Kier molecular flexibility index (Phi) is 8.77. The normalized spacial score (nSPS) is 26.1. The maximum Gasteiger partial charge on any atom is 0.479 e. The van der Waals surface area contributed by atoms with Crippen molar-refractivity contribution in [2.45, 2.75) is 34.2 Å². The predicted octanol–water partition coefficient (Wildman–Crippen LogP) is -0.116. The number of nitrogen functional groups attached to an aromatic ring is 1. The molecule has 1 amide bonds. The molecule has 0 aromatic carbocycles. The summed E-state index contributed by atoms with van der Waals surface area (Å²) >= 11 is 4.53. The van der Waals surface area contributed by atoms with Gasteiger partial charge in [-0.3, -0.25) is 28.3 Å².